The maximum Gasteiger partial charge on any atom is 0.261 e. The molecule has 128 valence electrons. The molecule has 2 aromatic heterocycles. The molecule has 4 nitrogen and oxygen atoms in total. The molecular formula is C19H18FN3OS. The zero-order valence-electron chi connectivity index (χ0n) is 14.0. The molecular weight excluding hydrogens is 337 g/mol. The van der Waals surface area contributed by atoms with Crippen LogP contribution in [-0.2, 0) is 6.54 Å². The number of amides is 1. The highest BCUT2D eigenvalue weighted by molar-refractivity contribution is 7.17. The fourth-order valence-corrected chi connectivity index (χ4v) is 3.24. The molecule has 25 heavy (non-hydrogen) atoms. The number of anilines is 1. The second kappa shape index (κ2) is 7.44. The summed E-state index contributed by atoms with van der Waals surface area (Å²) in [6, 6.07) is 13.7. The SMILES string of the molecule is CN(C)c1cc(CNC(=O)c2ccc(-c3ccc(F)cc3)s2)ccn1. The molecule has 0 aliphatic rings. The van der Waals surface area contributed by atoms with E-state index in [1.54, 1.807) is 24.4 Å². The molecule has 0 aliphatic carbocycles. The number of nitrogens with one attached hydrogen (secondary N) is 1. The van der Waals surface area contributed by atoms with E-state index in [-0.39, 0.29) is 11.7 Å². The van der Waals surface area contributed by atoms with Gasteiger partial charge in [-0.05, 0) is 47.5 Å². The quantitative estimate of drug-likeness (QED) is 0.754. The van der Waals surface area contributed by atoms with Gasteiger partial charge >= 0.3 is 0 Å². The predicted molar refractivity (Wildman–Crippen MR) is 99.4 cm³/mol. The van der Waals surface area contributed by atoms with Crippen molar-refractivity contribution in [2.75, 3.05) is 19.0 Å². The van der Waals surface area contributed by atoms with Crippen LogP contribution in [-0.4, -0.2) is 25.0 Å². The molecule has 0 aliphatic heterocycles. The highest BCUT2D eigenvalue weighted by atomic mass is 32.1. The van der Waals surface area contributed by atoms with Gasteiger partial charge in [-0.2, -0.15) is 0 Å². The van der Waals surface area contributed by atoms with Crippen LogP contribution in [0.5, 0.6) is 0 Å². The number of rotatable bonds is 5. The first kappa shape index (κ1) is 17.1. The molecule has 0 saturated heterocycles. The highest BCUT2D eigenvalue weighted by Crippen LogP contribution is 2.28. The first-order valence-corrected chi connectivity index (χ1v) is 8.61. The van der Waals surface area contributed by atoms with Gasteiger partial charge in [-0.3, -0.25) is 4.79 Å². The van der Waals surface area contributed by atoms with E-state index in [1.807, 2.05) is 37.2 Å². The minimum absolute atomic E-state index is 0.124. The third-order valence-corrected chi connectivity index (χ3v) is 4.81. The van der Waals surface area contributed by atoms with Crippen LogP contribution in [0.2, 0.25) is 0 Å². The molecule has 0 fully saturated rings. The monoisotopic (exact) mass is 355 g/mol. The smallest absolute Gasteiger partial charge is 0.261 e. The Balaban J connectivity index is 1.66. The number of carbonyl (C=O) groups excluding carboxylic acids is 1. The fraction of sp³-hybridized carbons (Fsp3) is 0.158. The maximum atomic E-state index is 13.0. The Labute approximate surface area is 150 Å². The summed E-state index contributed by atoms with van der Waals surface area (Å²) < 4.78 is 13.0. The van der Waals surface area contributed by atoms with Crippen LogP contribution in [0.4, 0.5) is 10.2 Å². The average molecular weight is 355 g/mol. The van der Waals surface area contributed by atoms with Crippen molar-refractivity contribution in [3.63, 3.8) is 0 Å². The van der Waals surface area contributed by atoms with Crippen molar-refractivity contribution in [2.45, 2.75) is 6.54 Å². The number of aromatic nitrogens is 1. The van der Waals surface area contributed by atoms with E-state index in [0.29, 0.717) is 11.4 Å². The zero-order chi connectivity index (χ0) is 17.8. The first-order valence-electron chi connectivity index (χ1n) is 7.79. The van der Waals surface area contributed by atoms with E-state index in [0.717, 1.165) is 21.8 Å². The van der Waals surface area contributed by atoms with Crippen molar-refractivity contribution in [1.29, 1.82) is 0 Å². The standard InChI is InChI=1S/C19H18FN3OS/c1-23(2)18-11-13(9-10-21-18)12-22-19(24)17-8-7-16(25-17)14-3-5-15(20)6-4-14/h3-11H,12H2,1-2H3,(H,22,24). The molecule has 1 aromatic carbocycles. The average Bonchev–Trinajstić information content (AvgIpc) is 3.10. The number of hydrogen-bond donors (Lipinski definition) is 1. The van der Waals surface area contributed by atoms with Gasteiger partial charge in [-0.25, -0.2) is 9.37 Å². The van der Waals surface area contributed by atoms with Gasteiger partial charge in [0.25, 0.3) is 5.91 Å². The van der Waals surface area contributed by atoms with E-state index in [1.165, 1.54) is 23.5 Å². The van der Waals surface area contributed by atoms with Crippen molar-refractivity contribution < 1.29 is 9.18 Å². The lowest BCUT2D eigenvalue weighted by atomic mass is 10.2. The second-order valence-electron chi connectivity index (χ2n) is 5.77. The van der Waals surface area contributed by atoms with Crippen LogP contribution in [0.1, 0.15) is 15.2 Å². The van der Waals surface area contributed by atoms with E-state index < -0.39 is 0 Å². The number of benzene rings is 1. The zero-order valence-corrected chi connectivity index (χ0v) is 14.8. The van der Waals surface area contributed by atoms with Gasteiger partial charge in [0.1, 0.15) is 11.6 Å². The summed E-state index contributed by atoms with van der Waals surface area (Å²) in [6.07, 6.45) is 1.73. The molecule has 0 atom stereocenters. The normalized spacial score (nSPS) is 10.5. The van der Waals surface area contributed by atoms with Gasteiger partial charge in [0, 0.05) is 31.7 Å². The van der Waals surface area contributed by atoms with Crippen LogP contribution in [0.3, 0.4) is 0 Å². The summed E-state index contributed by atoms with van der Waals surface area (Å²) >= 11 is 1.39. The second-order valence-corrected chi connectivity index (χ2v) is 6.85. The number of carbonyl (C=O) groups is 1. The molecule has 6 heteroatoms. The Morgan fingerprint density at radius 1 is 1.16 bits per heavy atom. The van der Waals surface area contributed by atoms with Gasteiger partial charge in [-0.1, -0.05) is 12.1 Å². The van der Waals surface area contributed by atoms with Gasteiger partial charge in [0.2, 0.25) is 0 Å². The van der Waals surface area contributed by atoms with Gasteiger partial charge in [0.05, 0.1) is 4.88 Å². The Kier molecular flexibility index (Phi) is 5.09. The van der Waals surface area contributed by atoms with E-state index in [2.05, 4.69) is 10.3 Å². The van der Waals surface area contributed by atoms with Crippen molar-refractivity contribution >= 4 is 23.1 Å². The number of nitrogens with zero attached hydrogens (tertiary/aromatic N) is 2. The summed E-state index contributed by atoms with van der Waals surface area (Å²) in [4.78, 5) is 20.1. The number of thiophene rings is 1. The summed E-state index contributed by atoms with van der Waals surface area (Å²) in [5, 5.41) is 2.92. The van der Waals surface area contributed by atoms with E-state index in [9.17, 15) is 9.18 Å². The van der Waals surface area contributed by atoms with Crippen LogP contribution in [0, 0.1) is 5.82 Å². The van der Waals surface area contributed by atoms with Crippen molar-refractivity contribution in [3.05, 3.63) is 71.0 Å². The Morgan fingerprint density at radius 2 is 1.92 bits per heavy atom. The van der Waals surface area contributed by atoms with Gasteiger partial charge in [-0.15, -0.1) is 11.3 Å². The lowest BCUT2D eigenvalue weighted by Crippen LogP contribution is -2.22. The van der Waals surface area contributed by atoms with E-state index >= 15 is 0 Å². The van der Waals surface area contributed by atoms with Gasteiger partial charge < -0.3 is 10.2 Å². The van der Waals surface area contributed by atoms with Crippen molar-refractivity contribution in [3.8, 4) is 10.4 Å². The minimum atomic E-state index is -0.271. The molecule has 3 rings (SSSR count). The van der Waals surface area contributed by atoms with Crippen LogP contribution >= 0.6 is 11.3 Å². The van der Waals surface area contributed by atoms with Crippen LogP contribution in [0.15, 0.2) is 54.7 Å². The number of halogens is 1. The molecule has 1 N–H and O–H groups in total. The Morgan fingerprint density at radius 3 is 2.64 bits per heavy atom. The van der Waals surface area contributed by atoms with Crippen LogP contribution in [0.25, 0.3) is 10.4 Å². The fourth-order valence-electron chi connectivity index (χ4n) is 2.31. The Bertz CT molecular complexity index is 874. The predicted octanol–water partition coefficient (Wildman–Crippen LogP) is 3.95. The molecule has 0 saturated carbocycles. The largest absolute Gasteiger partial charge is 0.363 e. The molecule has 0 radical (unpaired) electrons. The Hall–Kier alpha value is -2.73. The van der Waals surface area contributed by atoms with E-state index in [4.69, 9.17) is 0 Å². The molecule has 0 spiro atoms. The first-order chi connectivity index (χ1) is 12.0. The molecule has 0 unspecified atom stereocenters. The molecule has 3 aromatic rings. The van der Waals surface area contributed by atoms with Gasteiger partial charge in [0.15, 0.2) is 0 Å². The molecule has 2 heterocycles. The number of pyridine rings is 1. The third-order valence-electron chi connectivity index (χ3n) is 3.68. The van der Waals surface area contributed by atoms with Crippen molar-refractivity contribution in [1.82, 2.24) is 10.3 Å². The lowest BCUT2D eigenvalue weighted by molar-refractivity contribution is 0.0955. The topological polar surface area (TPSA) is 45.2 Å². The van der Waals surface area contributed by atoms with Crippen molar-refractivity contribution in [2.24, 2.45) is 0 Å². The van der Waals surface area contributed by atoms with Crippen LogP contribution < -0.4 is 10.2 Å². The highest BCUT2D eigenvalue weighted by Gasteiger charge is 2.10. The maximum absolute atomic E-state index is 13.0. The number of hydrogen-bond acceptors (Lipinski definition) is 4. The molecule has 1 amide bonds. The molecule has 0 bridgehead atoms. The summed E-state index contributed by atoms with van der Waals surface area (Å²) in [5.41, 5.74) is 1.89. The summed E-state index contributed by atoms with van der Waals surface area (Å²) in [6.45, 7) is 0.436. The minimum Gasteiger partial charge on any atom is -0.363 e. The summed E-state index contributed by atoms with van der Waals surface area (Å²) in [7, 11) is 3.85. The third kappa shape index (κ3) is 4.22. The summed E-state index contributed by atoms with van der Waals surface area (Å²) in [5.74, 6) is 0.454. The lowest BCUT2D eigenvalue weighted by Gasteiger charge is -2.12.